The maximum atomic E-state index is 12.1. The second-order valence-electron chi connectivity index (χ2n) is 4.48. The van der Waals surface area contributed by atoms with Crippen molar-refractivity contribution < 1.29 is 8.42 Å². The number of hydrogen-bond donors (Lipinski definition) is 1. The minimum atomic E-state index is -3.63. The molecule has 0 saturated carbocycles. The Hall–Kier alpha value is -1.15. The fourth-order valence-electron chi connectivity index (χ4n) is 1.67. The Morgan fingerprint density at radius 1 is 1.40 bits per heavy atom. The highest BCUT2D eigenvalue weighted by molar-refractivity contribution is 7.94. The molecule has 0 atom stereocenters. The van der Waals surface area contributed by atoms with Gasteiger partial charge in [0.1, 0.15) is 0 Å². The molecular formula is C12H14ClN3O2S2. The van der Waals surface area contributed by atoms with E-state index >= 15 is 0 Å². The van der Waals surface area contributed by atoms with Gasteiger partial charge in [0.05, 0.1) is 6.20 Å². The van der Waals surface area contributed by atoms with Crippen molar-refractivity contribution in [3.63, 3.8) is 0 Å². The molecule has 2 aromatic rings. The van der Waals surface area contributed by atoms with Crippen molar-refractivity contribution in [3.05, 3.63) is 40.5 Å². The van der Waals surface area contributed by atoms with Gasteiger partial charge in [-0.05, 0) is 31.8 Å². The lowest BCUT2D eigenvalue weighted by Gasteiger charge is -2.11. The van der Waals surface area contributed by atoms with Gasteiger partial charge < -0.3 is 4.90 Å². The third-order valence-corrected chi connectivity index (χ3v) is 5.36. The summed E-state index contributed by atoms with van der Waals surface area (Å²) >= 11 is 6.59. The summed E-state index contributed by atoms with van der Waals surface area (Å²) in [6, 6.07) is 7.28. The highest BCUT2D eigenvalue weighted by Gasteiger charge is 2.17. The van der Waals surface area contributed by atoms with Crippen molar-refractivity contribution in [2.75, 3.05) is 18.8 Å². The van der Waals surface area contributed by atoms with E-state index in [2.05, 4.69) is 9.71 Å². The van der Waals surface area contributed by atoms with Crippen LogP contribution >= 0.6 is 22.9 Å². The molecule has 20 heavy (non-hydrogen) atoms. The maximum absolute atomic E-state index is 12.1. The molecule has 0 aliphatic rings. The first kappa shape index (κ1) is 15.2. The summed E-state index contributed by atoms with van der Waals surface area (Å²) in [5.41, 5.74) is 1.55. The average Bonchev–Trinajstić information content (AvgIpc) is 2.75. The maximum Gasteiger partial charge on any atom is 0.273 e. The number of hydrogen-bond acceptors (Lipinski definition) is 5. The number of nitrogens with zero attached hydrogens (tertiary/aromatic N) is 2. The molecule has 0 aliphatic heterocycles. The third kappa shape index (κ3) is 3.92. The van der Waals surface area contributed by atoms with Crippen LogP contribution in [0.3, 0.4) is 0 Å². The summed E-state index contributed by atoms with van der Waals surface area (Å²) in [5, 5.41) is 0. The number of rotatable bonds is 5. The molecule has 108 valence electrons. The van der Waals surface area contributed by atoms with Gasteiger partial charge in [-0.15, -0.1) is 0 Å². The zero-order valence-electron chi connectivity index (χ0n) is 11.0. The second-order valence-corrected chi connectivity index (χ2v) is 8.00. The normalized spacial score (nSPS) is 11.8. The largest absolute Gasteiger partial charge is 0.305 e. The molecule has 0 saturated heterocycles. The van der Waals surface area contributed by atoms with Crippen LogP contribution < -0.4 is 4.72 Å². The van der Waals surface area contributed by atoms with E-state index in [4.69, 9.17) is 11.6 Å². The van der Waals surface area contributed by atoms with Crippen LogP contribution in [0.5, 0.6) is 0 Å². The van der Waals surface area contributed by atoms with Crippen LogP contribution in [0.4, 0.5) is 5.69 Å². The van der Waals surface area contributed by atoms with E-state index in [0.29, 0.717) is 5.69 Å². The molecule has 2 rings (SSSR count). The van der Waals surface area contributed by atoms with E-state index in [1.54, 1.807) is 12.1 Å². The molecule has 0 bridgehead atoms. The number of sulfonamides is 1. The van der Waals surface area contributed by atoms with Gasteiger partial charge in [-0.3, -0.25) is 4.72 Å². The summed E-state index contributed by atoms with van der Waals surface area (Å²) < 4.78 is 27.1. The number of thiazole rings is 1. The topological polar surface area (TPSA) is 62.3 Å². The fraction of sp³-hybridized carbons (Fsp3) is 0.250. The summed E-state index contributed by atoms with van der Waals surface area (Å²) in [4.78, 5) is 5.75. The first-order chi connectivity index (χ1) is 9.37. The van der Waals surface area contributed by atoms with Crippen molar-refractivity contribution >= 4 is 38.6 Å². The molecule has 0 fully saturated rings. The zero-order valence-corrected chi connectivity index (χ0v) is 13.4. The van der Waals surface area contributed by atoms with Crippen molar-refractivity contribution in [1.82, 2.24) is 9.88 Å². The Morgan fingerprint density at radius 3 is 2.75 bits per heavy atom. The van der Waals surface area contributed by atoms with Gasteiger partial charge in [0.15, 0.2) is 8.68 Å². The summed E-state index contributed by atoms with van der Waals surface area (Å²) in [5.74, 6) is 0. The molecule has 0 radical (unpaired) electrons. The highest BCUT2D eigenvalue weighted by atomic mass is 35.5. The van der Waals surface area contributed by atoms with Gasteiger partial charge in [-0.2, -0.15) is 0 Å². The predicted octanol–water partition coefficient (Wildman–Crippen LogP) is 2.66. The van der Waals surface area contributed by atoms with Crippen LogP contribution in [-0.4, -0.2) is 32.4 Å². The third-order valence-electron chi connectivity index (χ3n) is 2.40. The zero-order chi connectivity index (χ0) is 14.8. The lowest BCUT2D eigenvalue weighted by atomic mass is 10.2. The van der Waals surface area contributed by atoms with Gasteiger partial charge >= 0.3 is 0 Å². The van der Waals surface area contributed by atoms with Gasteiger partial charge in [0.25, 0.3) is 10.0 Å². The van der Waals surface area contributed by atoms with E-state index in [-0.39, 0.29) is 8.68 Å². The standard InChI is InChI=1S/C12H14ClN3O2S2/c1-16(2)8-9-4-3-5-10(6-9)15-20(17,18)11-7-14-12(13)19-11/h3-7,15H,8H2,1-2H3. The summed E-state index contributed by atoms with van der Waals surface area (Å²) in [6.45, 7) is 0.738. The minimum Gasteiger partial charge on any atom is -0.305 e. The minimum absolute atomic E-state index is 0.0977. The van der Waals surface area contributed by atoms with Crippen molar-refractivity contribution in [1.29, 1.82) is 0 Å². The SMILES string of the molecule is CN(C)Cc1cccc(NS(=O)(=O)c2cnc(Cl)s2)c1. The van der Waals surface area contributed by atoms with E-state index in [0.717, 1.165) is 23.4 Å². The Bertz CT molecular complexity index is 698. The Morgan fingerprint density at radius 2 is 2.15 bits per heavy atom. The molecule has 0 unspecified atom stereocenters. The molecule has 1 aromatic carbocycles. The van der Waals surface area contributed by atoms with Gasteiger partial charge in [0.2, 0.25) is 0 Å². The molecule has 0 spiro atoms. The Kier molecular flexibility index (Phi) is 4.64. The number of aromatic nitrogens is 1. The molecular weight excluding hydrogens is 318 g/mol. The summed E-state index contributed by atoms with van der Waals surface area (Å²) in [7, 11) is 0.279. The van der Waals surface area contributed by atoms with Crippen molar-refractivity contribution in [3.8, 4) is 0 Å². The molecule has 1 N–H and O–H groups in total. The van der Waals surface area contributed by atoms with E-state index in [1.807, 2.05) is 31.1 Å². The van der Waals surface area contributed by atoms with Gasteiger partial charge in [0, 0.05) is 12.2 Å². The smallest absolute Gasteiger partial charge is 0.273 e. The lowest BCUT2D eigenvalue weighted by Crippen LogP contribution is -2.13. The highest BCUT2D eigenvalue weighted by Crippen LogP contribution is 2.25. The number of nitrogens with one attached hydrogen (secondary N) is 1. The predicted molar refractivity (Wildman–Crippen MR) is 81.8 cm³/mol. The molecule has 8 heteroatoms. The van der Waals surface area contributed by atoms with E-state index in [9.17, 15) is 8.42 Å². The molecule has 1 heterocycles. The van der Waals surface area contributed by atoms with Crippen LogP contribution in [0.15, 0.2) is 34.7 Å². The van der Waals surface area contributed by atoms with Crippen LogP contribution in [0.2, 0.25) is 4.47 Å². The second kappa shape index (κ2) is 6.09. The first-order valence-electron chi connectivity index (χ1n) is 5.74. The van der Waals surface area contributed by atoms with Crippen LogP contribution in [0.25, 0.3) is 0 Å². The van der Waals surface area contributed by atoms with E-state index in [1.165, 1.54) is 6.20 Å². The van der Waals surface area contributed by atoms with Gasteiger partial charge in [-0.25, -0.2) is 13.4 Å². The van der Waals surface area contributed by atoms with Crippen LogP contribution in [0, 0.1) is 0 Å². The first-order valence-corrected chi connectivity index (χ1v) is 8.42. The van der Waals surface area contributed by atoms with Gasteiger partial charge in [-0.1, -0.05) is 35.1 Å². The van der Waals surface area contributed by atoms with Crippen molar-refractivity contribution in [2.45, 2.75) is 10.8 Å². The number of halogens is 1. The molecule has 0 amide bonds. The quantitative estimate of drug-likeness (QED) is 0.915. The monoisotopic (exact) mass is 331 g/mol. The summed E-state index contributed by atoms with van der Waals surface area (Å²) in [6.07, 6.45) is 1.25. The lowest BCUT2D eigenvalue weighted by molar-refractivity contribution is 0.402. The number of anilines is 1. The molecule has 0 aliphatic carbocycles. The molecule has 1 aromatic heterocycles. The fourth-order valence-corrected chi connectivity index (χ4v) is 4.01. The van der Waals surface area contributed by atoms with E-state index < -0.39 is 10.0 Å². The Balaban J connectivity index is 2.21. The van der Waals surface area contributed by atoms with Crippen molar-refractivity contribution in [2.24, 2.45) is 0 Å². The number of benzene rings is 1. The average molecular weight is 332 g/mol. The van der Waals surface area contributed by atoms with Crippen LogP contribution in [-0.2, 0) is 16.6 Å². The molecule has 5 nitrogen and oxygen atoms in total. The van der Waals surface area contributed by atoms with Crippen LogP contribution in [0.1, 0.15) is 5.56 Å². The Labute approximate surface area is 127 Å².